The Bertz CT molecular complexity index is 1460. The van der Waals surface area contributed by atoms with E-state index in [1.54, 1.807) is 13.3 Å². The Morgan fingerprint density at radius 3 is 2.47 bits per heavy atom. The van der Waals surface area contributed by atoms with Crippen LogP contribution in [-0.4, -0.2) is 22.1 Å². The molecule has 2 aromatic carbocycles. The second kappa shape index (κ2) is 8.37. The van der Waals surface area contributed by atoms with Crippen LogP contribution >= 0.6 is 11.3 Å². The van der Waals surface area contributed by atoms with Gasteiger partial charge in [0.25, 0.3) is 10.8 Å². The number of hydrogen-bond donors (Lipinski definition) is 2. The number of nitrogens with two attached hydrogens (primary N) is 1. The minimum absolute atomic E-state index is 0.194. The Morgan fingerprint density at radius 1 is 1.00 bits per heavy atom. The van der Waals surface area contributed by atoms with Gasteiger partial charge in [-0.3, -0.25) is 4.79 Å². The van der Waals surface area contributed by atoms with E-state index in [0.29, 0.717) is 28.3 Å². The van der Waals surface area contributed by atoms with Crippen LogP contribution in [0.15, 0.2) is 77.0 Å². The van der Waals surface area contributed by atoms with Crippen molar-refractivity contribution < 1.29 is 4.74 Å². The van der Waals surface area contributed by atoms with Gasteiger partial charge in [-0.1, -0.05) is 65.9 Å². The Labute approximate surface area is 188 Å². The molecule has 0 spiro atoms. The van der Waals surface area contributed by atoms with Crippen molar-refractivity contribution in [3.8, 4) is 38.8 Å². The molecular weight excluding hydrogens is 420 g/mol. The molecule has 5 rings (SSSR count). The summed E-state index contributed by atoms with van der Waals surface area (Å²) in [5.74, 6) is 0. The quantitative estimate of drug-likeness (QED) is 0.408. The molecule has 7 heteroatoms. The van der Waals surface area contributed by atoms with Gasteiger partial charge in [-0.05, 0) is 17.2 Å². The summed E-state index contributed by atoms with van der Waals surface area (Å²) in [7, 11) is 1.58. The first kappa shape index (κ1) is 20.1. The Balaban J connectivity index is 1.82. The maximum atomic E-state index is 12.8. The summed E-state index contributed by atoms with van der Waals surface area (Å²) in [6, 6.07) is 19.9. The van der Waals surface area contributed by atoms with Crippen LogP contribution in [0.25, 0.3) is 44.5 Å². The molecule has 3 N–H and O–H groups in total. The number of thiazole rings is 1. The van der Waals surface area contributed by atoms with Gasteiger partial charge >= 0.3 is 0 Å². The van der Waals surface area contributed by atoms with Gasteiger partial charge in [-0.15, -0.1) is 0 Å². The van der Waals surface area contributed by atoms with Crippen molar-refractivity contribution in [1.29, 1.82) is 0 Å². The third kappa shape index (κ3) is 3.57. The average molecular weight is 441 g/mol. The van der Waals surface area contributed by atoms with E-state index in [1.807, 2.05) is 66.0 Å². The molecule has 0 atom stereocenters. The van der Waals surface area contributed by atoms with Crippen molar-refractivity contribution in [3.63, 3.8) is 0 Å². The number of H-pyrrole nitrogens is 1. The first-order chi connectivity index (χ1) is 15.7. The van der Waals surface area contributed by atoms with Crippen LogP contribution in [-0.2, 0) is 6.54 Å². The highest BCUT2D eigenvalue weighted by Crippen LogP contribution is 2.36. The zero-order valence-corrected chi connectivity index (χ0v) is 18.1. The summed E-state index contributed by atoms with van der Waals surface area (Å²) >= 11 is 1.40. The highest BCUT2D eigenvalue weighted by molar-refractivity contribution is 7.11. The number of ether oxygens (including phenoxy) is 1. The number of aromatic amines is 1. The molecule has 158 valence electrons. The van der Waals surface area contributed by atoms with Crippen LogP contribution in [0.4, 0.5) is 0 Å². The first-order valence-corrected chi connectivity index (χ1v) is 11.0. The van der Waals surface area contributed by atoms with Gasteiger partial charge in [0.2, 0.25) is 0 Å². The normalized spacial score (nSPS) is 11.1. The summed E-state index contributed by atoms with van der Waals surface area (Å²) in [4.78, 5) is 25.1. The van der Waals surface area contributed by atoms with Crippen molar-refractivity contribution >= 4 is 22.2 Å². The summed E-state index contributed by atoms with van der Waals surface area (Å²) in [5.41, 5.74) is 12.3. The molecule has 0 saturated carbocycles. The molecule has 3 aromatic heterocycles. The Hall–Kier alpha value is -3.81. The molecule has 3 heterocycles. The minimum atomic E-state index is -0.194. The summed E-state index contributed by atoms with van der Waals surface area (Å²) < 4.78 is 5.25. The smallest absolute Gasteiger partial charge is 0.273 e. The van der Waals surface area contributed by atoms with E-state index >= 15 is 0 Å². The van der Waals surface area contributed by atoms with E-state index in [4.69, 9.17) is 15.5 Å². The molecule has 0 unspecified atom stereocenters. The van der Waals surface area contributed by atoms with Gasteiger partial charge in [-0.2, -0.15) is 0 Å². The number of benzene rings is 2. The lowest BCUT2D eigenvalue weighted by molar-refractivity contribution is 0.412. The van der Waals surface area contributed by atoms with Crippen molar-refractivity contribution in [1.82, 2.24) is 15.0 Å². The maximum Gasteiger partial charge on any atom is 0.273 e. The van der Waals surface area contributed by atoms with Crippen LogP contribution in [0.3, 0.4) is 0 Å². The van der Waals surface area contributed by atoms with Crippen molar-refractivity contribution in [2.75, 3.05) is 7.11 Å². The Morgan fingerprint density at radius 2 is 1.78 bits per heavy atom. The lowest BCUT2D eigenvalue weighted by atomic mass is 9.96. The van der Waals surface area contributed by atoms with E-state index in [9.17, 15) is 4.79 Å². The molecule has 6 nitrogen and oxygen atoms in total. The molecule has 32 heavy (non-hydrogen) atoms. The van der Waals surface area contributed by atoms with Gasteiger partial charge in [0.05, 0.1) is 29.4 Å². The zero-order valence-electron chi connectivity index (χ0n) is 17.3. The summed E-state index contributed by atoms with van der Waals surface area (Å²) in [6.07, 6.45) is 1.66. The molecule has 0 aliphatic carbocycles. The zero-order chi connectivity index (χ0) is 22.1. The highest BCUT2D eigenvalue weighted by Gasteiger charge is 2.17. The van der Waals surface area contributed by atoms with Crippen LogP contribution in [0.1, 0.15) is 5.56 Å². The molecule has 0 fully saturated rings. The van der Waals surface area contributed by atoms with Gasteiger partial charge in [-0.25, -0.2) is 9.97 Å². The fourth-order valence-electron chi connectivity index (χ4n) is 3.70. The average Bonchev–Trinajstić information content (AvgIpc) is 3.33. The van der Waals surface area contributed by atoms with Crippen LogP contribution in [0, 0.1) is 0 Å². The predicted octanol–water partition coefficient (Wildman–Crippen LogP) is 4.85. The second-order valence-corrected chi connectivity index (χ2v) is 8.10. The van der Waals surface area contributed by atoms with Gasteiger partial charge < -0.3 is 15.5 Å². The largest absolute Gasteiger partial charge is 0.473 e. The monoisotopic (exact) mass is 440 g/mol. The predicted molar refractivity (Wildman–Crippen MR) is 129 cm³/mol. The standard InChI is InChI=1S/C25H20N4O2S/c1-31-25-28-21(14-32-25)20-13-27-24(30)19-11-18(16-5-3-2-4-6-16)22(29-23(19)20)17-9-7-15(12-26)8-10-17/h2-11,13-14H,12,26H2,1H3,(H,27,30). The molecule has 5 aromatic rings. The number of aromatic nitrogens is 3. The lowest BCUT2D eigenvalue weighted by Gasteiger charge is -2.13. The molecule has 0 bridgehead atoms. The third-order valence-corrected chi connectivity index (χ3v) is 6.15. The van der Waals surface area contributed by atoms with Gasteiger partial charge in [0, 0.05) is 34.8 Å². The Kier molecular flexibility index (Phi) is 5.26. The topological polar surface area (TPSA) is 93.9 Å². The van der Waals surface area contributed by atoms with Gasteiger partial charge in [0.1, 0.15) is 0 Å². The van der Waals surface area contributed by atoms with Crippen LogP contribution in [0.5, 0.6) is 5.19 Å². The van der Waals surface area contributed by atoms with E-state index < -0.39 is 0 Å². The van der Waals surface area contributed by atoms with E-state index in [2.05, 4.69) is 9.97 Å². The lowest BCUT2D eigenvalue weighted by Crippen LogP contribution is -2.08. The maximum absolute atomic E-state index is 12.8. The number of methoxy groups -OCH3 is 1. The van der Waals surface area contributed by atoms with Crippen molar-refractivity contribution in [3.05, 3.63) is 88.2 Å². The molecule has 0 aliphatic heterocycles. The third-order valence-electron chi connectivity index (χ3n) is 5.35. The number of fused-ring (bicyclic) bond motifs is 1. The number of rotatable bonds is 5. The fraction of sp³-hybridized carbons (Fsp3) is 0.0800. The van der Waals surface area contributed by atoms with Gasteiger partial charge in [0.15, 0.2) is 0 Å². The van der Waals surface area contributed by atoms with Crippen LogP contribution < -0.4 is 16.0 Å². The van der Waals surface area contributed by atoms with E-state index in [-0.39, 0.29) is 5.56 Å². The number of hydrogen-bond acceptors (Lipinski definition) is 6. The van der Waals surface area contributed by atoms with Crippen molar-refractivity contribution in [2.45, 2.75) is 6.54 Å². The number of nitrogens with zero attached hydrogens (tertiary/aromatic N) is 2. The van der Waals surface area contributed by atoms with E-state index in [1.165, 1.54) is 11.3 Å². The molecule has 0 amide bonds. The fourth-order valence-corrected chi connectivity index (χ4v) is 4.34. The SMILES string of the molecule is COc1nc(-c2c[nH]c(=O)c3cc(-c4ccccc4)c(-c4ccc(CN)cc4)nc23)cs1. The van der Waals surface area contributed by atoms with Crippen molar-refractivity contribution in [2.24, 2.45) is 5.73 Å². The second-order valence-electron chi connectivity index (χ2n) is 7.28. The highest BCUT2D eigenvalue weighted by atomic mass is 32.1. The summed E-state index contributed by atoms with van der Waals surface area (Å²) in [5, 5.41) is 2.96. The molecular formula is C25H20N4O2S. The van der Waals surface area contributed by atoms with Crippen LogP contribution in [0.2, 0.25) is 0 Å². The molecule has 0 aliphatic rings. The minimum Gasteiger partial charge on any atom is -0.473 e. The van der Waals surface area contributed by atoms with E-state index in [0.717, 1.165) is 33.5 Å². The molecule has 0 saturated heterocycles. The number of nitrogens with one attached hydrogen (secondary N) is 1. The number of pyridine rings is 2. The first-order valence-electron chi connectivity index (χ1n) is 10.1. The molecule has 0 radical (unpaired) electrons. The summed E-state index contributed by atoms with van der Waals surface area (Å²) in [6.45, 7) is 0.474.